The van der Waals surface area contributed by atoms with E-state index in [1.54, 1.807) is 6.08 Å². The lowest BCUT2D eigenvalue weighted by molar-refractivity contribution is -0.302. The molecular weight excluding hydrogens is 610 g/mol. The minimum absolute atomic E-state index is 0.194. The van der Waals surface area contributed by atoms with Gasteiger partial charge in [0.25, 0.3) is 0 Å². The van der Waals surface area contributed by atoms with Crippen LogP contribution in [0.25, 0.3) is 0 Å². The molecule has 0 aromatic carbocycles. The average molecular weight is 682 g/mol. The number of ether oxygens (including phenoxy) is 2. The Kier molecular flexibility index (Phi) is 28.0. The molecule has 1 amide bonds. The molecule has 6 N–H and O–H groups in total. The lowest BCUT2D eigenvalue weighted by Gasteiger charge is -2.40. The van der Waals surface area contributed by atoms with Crippen molar-refractivity contribution in [1.29, 1.82) is 0 Å². The van der Waals surface area contributed by atoms with Gasteiger partial charge in [-0.25, -0.2) is 0 Å². The number of allylic oxidation sites excluding steroid dienone is 5. The van der Waals surface area contributed by atoms with Gasteiger partial charge in [0.15, 0.2) is 6.29 Å². The van der Waals surface area contributed by atoms with Crippen LogP contribution in [-0.4, -0.2) is 87.5 Å². The number of nitrogens with one attached hydrogen (secondary N) is 1. The van der Waals surface area contributed by atoms with E-state index in [0.29, 0.717) is 6.42 Å². The van der Waals surface area contributed by atoms with Crippen molar-refractivity contribution >= 4 is 5.91 Å². The maximum atomic E-state index is 12.8. The summed E-state index contributed by atoms with van der Waals surface area (Å²) in [5.74, 6) is -0.196. The molecule has 0 bridgehead atoms. The van der Waals surface area contributed by atoms with Gasteiger partial charge in [0.1, 0.15) is 24.4 Å². The van der Waals surface area contributed by atoms with Gasteiger partial charge in [-0.05, 0) is 44.9 Å². The SMILES string of the molecule is CCCC/C=C\C/C=C\CCCCCCCC(=O)NC(COC1OC(CO)C(O)C(O)C1O)C(O)/C=C/CCCCCCCCCCC. The fourth-order valence-corrected chi connectivity index (χ4v) is 5.76. The highest BCUT2D eigenvalue weighted by Gasteiger charge is 2.44. The van der Waals surface area contributed by atoms with Crippen LogP contribution in [0.5, 0.6) is 0 Å². The summed E-state index contributed by atoms with van der Waals surface area (Å²) in [5.41, 5.74) is 0. The molecule has 7 atom stereocenters. The zero-order valence-electron chi connectivity index (χ0n) is 30.2. The standard InChI is InChI=1S/C39H71NO8/c1-3-5-7-9-11-13-15-16-17-19-21-23-25-27-29-35(43)40-32(31-47-39-38(46)37(45)36(44)34(30-41)48-39)33(42)28-26-24-22-20-18-14-12-10-8-6-4-2/h9,11,15-16,26,28,32-34,36-39,41-42,44-46H,3-8,10,12-14,17-25,27,29-31H2,1-2H3,(H,40,43)/b11-9-,16-15-,28-26+. The van der Waals surface area contributed by atoms with Crippen LogP contribution >= 0.6 is 0 Å². The molecule has 0 spiro atoms. The first-order valence-electron chi connectivity index (χ1n) is 19.2. The second kappa shape index (κ2) is 30.3. The summed E-state index contributed by atoms with van der Waals surface area (Å²) in [7, 11) is 0. The summed E-state index contributed by atoms with van der Waals surface area (Å²) >= 11 is 0. The monoisotopic (exact) mass is 682 g/mol. The van der Waals surface area contributed by atoms with Crippen LogP contribution in [0.2, 0.25) is 0 Å². The Morgan fingerprint density at radius 2 is 1.25 bits per heavy atom. The van der Waals surface area contributed by atoms with E-state index in [2.05, 4.69) is 43.5 Å². The normalized spacial score (nSPS) is 23.0. The Morgan fingerprint density at radius 3 is 1.85 bits per heavy atom. The van der Waals surface area contributed by atoms with Gasteiger partial charge in [0, 0.05) is 6.42 Å². The molecule has 48 heavy (non-hydrogen) atoms. The van der Waals surface area contributed by atoms with Gasteiger partial charge in [-0.15, -0.1) is 0 Å². The molecule has 1 heterocycles. The van der Waals surface area contributed by atoms with E-state index in [9.17, 15) is 30.3 Å². The molecule has 1 aliphatic heterocycles. The van der Waals surface area contributed by atoms with Crippen LogP contribution in [-0.2, 0) is 14.3 Å². The Bertz CT molecular complexity index is 848. The van der Waals surface area contributed by atoms with Gasteiger partial charge in [-0.3, -0.25) is 4.79 Å². The van der Waals surface area contributed by atoms with Gasteiger partial charge in [0.2, 0.25) is 5.91 Å². The van der Waals surface area contributed by atoms with Crippen molar-refractivity contribution in [3.8, 4) is 0 Å². The summed E-state index contributed by atoms with van der Waals surface area (Å²) in [5, 5.41) is 53.8. The van der Waals surface area contributed by atoms with E-state index in [4.69, 9.17) is 9.47 Å². The largest absolute Gasteiger partial charge is 0.394 e. The minimum atomic E-state index is -1.57. The van der Waals surface area contributed by atoms with E-state index >= 15 is 0 Å². The Labute approximate surface area is 291 Å². The summed E-state index contributed by atoms with van der Waals surface area (Å²) in [6.07, 6.45) is 27.5. The third-order valence-electron chi connectivity index (χ3n) is 8.96. The van der Waals surface area contributed by atoms with E-state index in [0.717, 1.165) is 70.6 Å². The Balaban J connectivity index is 2.47. The van der Waals surface area contributed by atoms with Gasteiger partial charge in [-0.1, -0.05) is 134 Å². The smallest absolute Gasteiger partial charge is 0.220 e. The highest BCUT2D eigenvalue weighted by Crippen LogP contribution is 2.22. The summed E-state index contributed by atoms with van der Waals surface area (Å²) in [6, 6.07) is -0.808. The van der Waals surface area contributed by atoms with Crippen LogP contribution in [0.1, 0.15) is 149 Å². The summed E-state index contributed by atoms with van der Waals surface area (Å²) in [4.78, 5) is 12.8. The van der Waals surface area contributed by atoms with Crippen molar-refractivity contribution < 1.29 is 39.8 Å². The number of unbranched alkanes of at least 4 members (excludes halogenated alkanes) is 16. The molecule has 0 saturated carbocycles. The van der Waals surface area contributed by atoms with E-state index in [1.807, 2.05) is 6.08 Å². The molecule has 0 aliphatic carbocycles. The van der Waals surface area contributed by atoms with Gasteiger partial charge in [-0.2, -0.15) is 0 Å². The number of carbonyl (C=O) groups excluding carboxylic acids is 1. The fourth-order valence-electron chi connectivity index (χ4n) is 5.76. The number of hydrogen-bond donors (Lipinski definition) is 6. The second-order valence-electron chi connectivity index (χ2n) is 13.4. The maximum absolute atomic E-state index is 12.8. The first kappa shape index (κ1) is 44.4. The zero-order valence-corrected chi connectivity index (χ0v) is 30.2. The van der Waals surface area contributed by atoms with Gasteiger partial charge in [0.05, 0.1) is 25.4 Å². The number of carbonyl (C=O) groups is 1. The molecule has 9 nitrogen and oxygen atoms in total. The fraction of sp³-hybridized carbons (Fsp3) is 0.821. The Hall–Kier alpha value is -1.59. The van der Waals surface area contributed by atoms with E-state index in [1.165, 1.54) is 57.8 Å². The van der Waals surface area contributed by atoms with Crippen molar-refractivity contribution in [3.05, 3.63) is 36.5 Å². The summed E-state index contributed by atoms with van der Waals surface area (Å²) < 4.78 is 11.1. The minimum Gasteiger partial charge on any atom is -0.394 e. The van der Waals surface area contributed by atoms with Crippen LogP contribution < -0.4 is 5.32 Å². The predicted octanol–water partition coefficient (Wildman–Crippen LogP) is 6.55. The molecule has 7 unspecified atom stereocenters. The maximum Gasteiger partial charge on any atom is 0.220 e. The zero-order chi connectivity index (χ0) is 35.2. The third kappa shape index (κ3) is 21.5. The number of aliphatic hydroxyl groups excluding tert-OH is 5. The van der Waals surface area contributed by atoms with Crippen LogP contribution in [0.3, 0.4) is 0 Å². The molecular formula is C39H71NO8. The van der Waals surface area contributed by atoms with Gasteiger partial charge >= 0.3 is 0 Å². The molecule has 1 fully saturated rings. The highest BCUT2D eigenvalue weighted by molar-refractivity contribution is 5.76. The molecule has 9 heteroatoms. The van der Waals surface area contributed by atoms with Crippen molar-refractivity contribution in [2.75, 3.05) is 13.2 Å². The number of amides is 1. The van der Waals surface area contributed by atoms with Crippen molar-refractivity contribution in [2.24, 2.45) is 0 Å². The first-order valence-corrected chi connectivity index (χ1v) is 19.2. The first-order chi connectivity index (χ1) is 23.3. The van der Waals surface area contributed by atoms with Crippen molar-refractivity contribution in [1.82, 2.24) is 5.32 Å². The quantitative estimate of drug-likeness (QED) is 0.0370. The molecule has 0 aromatic rings. The van der Waals surface area contributed by atoms with Crippen LogP contribution in [0.15, 0.2) is 36.5 Å². The lowest BCUT2D eigenvalue weighted by Crippen LogP contribution is -2.60. The third-order valence-corrected chi connectivity index (χ3v) is 8.96. The highest BCUT2D eigenvalue weighted by atomic mass is 16.7. The second-order valence-corrected chi connectivity index (χ2v) is 13.4. The van der Waals surface area contributed by atoms with Crippen LogP contribution in [0, 0.1) is 0 Å². The van der Waals surface area contributed by atoms with Crippen molar-refractivity contribution in [3.63, 3.8) is 0 Å². The van der Waals surface area contributed by atoms with E-state index in [-0.39, 0.29) is 12.5 Å². The lowest BCUT2D eigenvalue weighted by atomic mass is 9.99. The number of aliphatic hydroxyl groups is 5. The molecule has 280 valence electrons. The molecule has 1 aliphatic rings. The molecule has 1 rings (SSSR count). The number of rotatable bonds is 30. The van der Waals surface area contributed by atoms with Gasteiger partial charge < -0.3 is 40.3 Å². The van der Waals surface area contributed by atoms with Crippen molar-refractivity contribution in [2.45, 2.75) is 192 Å². The topological polar surface area (TPSA) is 149 Å². The van der Waals surface area contributed by atoms with Crippen LogP contribution in [0.4, 0.5) is 0 Å². The average Bonchev–Trinajstić information content (AvgIpc) is 3.08. The predicted molar refractivity (Wildman–Crippen MR) is 193 cm³/mol. The number of hydrogen-bond acceptors (Lipinski definition) is 8. The van der Waals surface area contributed by atoms with E-state index < -0.39 is 49.5 Å². The summed E-state index contributed by atoms with van der Waals surface area (Å²) in [6.45, 7) is 3.67. The Morgan fingerprint density at radius 1 is 0.708 bits per heavy atom. The molecule has 0 radical (unpaired) electrons. The molecule has 1 saturated heterocycles. The molecule has 0 aromatic heterocycles.